The molecular weight excluding hydrogens is 358 g/mol. The van der Waals surface area contributed by atoms with E-state index in [1.54, 1.807) is 41.5 Å². The summed E-state index contributed by atoms with van der Waals surface area (Å²) in [6.07, 6.45) is 0. The number of cyclic esters (lactones) is 1. The van der Waals surface area contributed by atoms with Gasteiger partial charge in [-0.15, -0.1) is 0 Å². The van der Waals surface area contributed by atoms with Crippen LogP contribution in [0.2, 0.25) is 0 Å². The minimum Gasteiger partial charge on any atom is -0.458 e. The predicted molar refractivity (Wildman–Crippen MR) is 89.5 cm³/mol. The summed E-state index contributed by atoms with van der Waals surface area (Å²) in [7, 11) is -7.71. The number of ether oxygens (including phenoxy) is 1. The first-order valence-corrected chi connectivity index (χ1v) is 11.3. The van der Waals surface area contributed by atoms with Gasteiger partial charge >= 0.3 is 21.2 Å². The summed E-state index contributed by atoms with van der Waals surface area (Å²) in [6.45, 7) is 10.1. The highest BCUT2D eigenvalue weighted by molar-refractivity contribution is 7.60. The summed E-state index contributed by atoms with van der Waals surface area (Å²) in [5.74, 6) is -0.783. The summed E-state index contributed by atoms with van der Waals surface area (Å²) >= 11 is 0. The summed E-state index contributed by atoms with van der Waals surface area (Å²) in [4.78, 5) is 12.5. The van der Waals surface area contributed by atoms with Crippen LogP contribution in [0.15, 0.2) is 0 Å². The number of hydrogen-bond acceptors (Lipinski definition) is 8. The molecule has 0 radical (unpaired) electrons. The lowest BCUT2D eigenvalue weighted by Gasteiger charge is -2.34. The Kier molecular flexibility index (Phi) is 7.67. The first kappa shape index (κ1) is 21.8. The molecule has 142 valence electrons. The molecule has 1 rings (SSSR count). The van der Waals surface area contributed by atoms with Gasteiger partial charge in [-0.05, 0) is 41.5 Å². The summed E-state index contributed by atoms with van der Waals surface area (Å²) in [6, 6.07) is 0. The molecule has 8 nitrogen and oxygen atoms in total. The average molecular weight is 386 g/mol. The van der Waals surface area contributed by atoms with Gasteiger partial charge in [-0.1, -0.05) is 0 Å². The van der Waals surface area contributed by atoms with E-state index >= 15 is 0 Å². The molecule has 1 fully saturated rings. The third-order valence-electron chi connectivity index (χ3n) is 3.53. The maximum atomic E-state index is 13.3. The van der Waals surface area contributed by atoms with E-state index < -0.39 is 38.1 Å². The van der Waals surface area contributed by atoms with Crippen LogP contribution >= 0.6 is 15.2 Å². The molecule has 0 N–H and O–H groups in total. The number of carbonyl (C=O) groups is 1. The molecule has 1 aliphatic heterocycles. The molecular formula is C14H28O8P2. The van der Waals surface area contributed by atoms with E-state index in [4.69, 9.17) is 22.8 Å². The van der Waals surface area contributed by atoms with Crippen LogP contribution in [0.1, 0.15) is 41.5 Å². The Labute approximate surface area is 143 Å². The van der Waals surface area contributed by atoms with Crippen molar-refractivity contribution >= 4 is 21.2 Å². The number of hydrogen-bond donors (Lipinski definition) is 0. The van der Waals surface area contributed by atoms with Crippen molar-refractivity contribution in [2.24, 2.45) is 0 Å². The second-order valence-electron chi connectivity index (χ2n) is 5.66. The van der Waals surface area contributed by atoms with Crippen LogP contribution in [0, 0.1) is 0 Å². The van der Waals surface area contributed by atoms with Crippen molar-refractivity contribution in [2.45, 2.75) is 58.5 Å². The molecule has 0 bridgehead atoms. The Balaban J connectivity index is 3.46. The SMILES string of the molecule is CCOP(=O)(OCC)[C@@H]1[C@@H](P(=O)(OCC)OCC)C(=O)OC1(C)C. The topological polar surface area (TPSA) is 97.4 Å². The molecule has 10 heteroatoms. The number of rotatable bonds is 10. The van der Waals surface area contributed by atoms with Gasteiger partial charge in [0.05, 0.1) is 26.4 Å². The van der Waals surface area contributed by atoms with Gasteiger partial charge < -0.3 is 22.8 Å². The second kappa shape index (κ2) is 8.43. The van der Waals surface area contributed by atoms with Crippen molar-refractivity contribution in [1.29, 1.82) is 0 Å². The van der Waals surface area contributed by atoms with Crippen LogP contribution in [0.5, 0.6) is 0 Å². The van der Waals surface area contributed by atoms with E-state index in [1.165, 1.54) is 0 Å². The molecule has 1 aliphatic rings. The lowest BCUT2D eigenvalue weighted by molar-refractivity contribution is -0.145. The predicted octanol–water partition coefficient (Wildman–Crippen LogP) is 3.59. The van der Waals surface area contributed by atoms with Crippen LogP contribution in [-0.2, 0) is 36.8 Å². The van der Waals surface area contributed by atoms with Crippen LogP contribution in [0.4, 0.5) is 0 Å². The Morgan fingerprint density at radius 1 is 0.875 bits per heavy atom. The summed E-state index contributed by atoms with van der Waals surface area (Å²) in [5.41, 5.74) is -3.66. The molecule has 0 aliphatic carbocycles. The molecule has 0 amide bonds. The average Bonchev–Trinajstić information content (AvgIpc) is 2.70. The first-order valence-electron chi connectivity index (χ1n) is 8.12. The van der Waals surface area contributed by atoms with Gasteiger partial charge in [-0.25, -0.2) is 0 Å². The lowest BCUT2D eigenvalue weighted by atomic mass is 10.1. The lowest BCUT2D eigenvalue weighted by Crippen LogP contribution is -2.39. The minimum atomic E-state index is -3.91. The third-order valence-corrected chi connectivity index (χ3v) is 9.03. The minimum absolute atomic E-state index is 0.0712. The van der Waals surface area contributed by atoms with Gasteiger partial charge in [0.2, 0.25) is 0 Å². The third kappa shape index (κ3) is 4.29. The highest BCUT2D eigenvalue weighted by Crippen LogP contribution is 2.69. The van der Waals surface area contributed by atoms with E-state index in [9.17, 15) is 13.9 Å². The van der Waals surface area contributed by atoms with Crippen LogP contribution in [0.25, 0.3) is 0 Å². The van der Waals surface area contributed by atoms with E-state index in [2.05, 4.69) is 0 Å². The van der Waals surface area contributed by atoms with Crippen molar-refractivity contribution in [3.05, 3.63) is 0 Å². The van der Waals surface area contributed by atoms with Crippen molar-refractivity contribution in [1.82, 2.24) is 0 Å². The molecule has 0 aromatic carbocycles. The van der Waals surface area contributed by atoms with Gasteiger partial charge in [0.25, 0.3) is 0 Å². The van der Waals surface area contributed by atoms with Crippen molar-refractivity contribution in [3.63, 3.8) is 0 Å². The molecule has 24 heavy (non-hydrogen) atoms. The Morgan fingerprint density at radius 2 is 1.25 bits per heavy atom. The van der Waals surface area contributed by atoms with E-state index in [0.29, 0.717) is 0 Å². The molecule has 0 saturated carbocycles. The fourth-order valence-electron chi connectivity index (χ4n) is 2.86. The molecule has 1 heterocycles. The zero-order valence-electron chi connectivity index (χ0n) is 15.1. The van der Waals surface area contributed by atoms with Crippen molar-refractivity contribution < 1.29 is 36.8 Å². The number of esters is 1. The van der Waals surface area contributed by atoms with Crippen LogP contribution in [0.3, 0.4) is 0 Å². The molecule has 0 aromatic heterocycles. The van der Waals surface area contributed by atoms with Gasteiger partial charge in [0.1, 0.15) is 11.3 Å². The largest absolute Gasteiger partial charge is 0.458 e. The second-order valence-corrected chi connectivity index (χ2v) is 9.97. The van der Waals surface area contributed by atoms with Gasteiger partial charge in [-0.3, -0.25) is 13.9 Å². The zero-order valence-corrected chi connectivity index (χ0v) is 16.9. The normalized spacial score (nSPS) is 24.2. The Hall–Kier alpha value is -0.230. The quantitative estimate of drug-likeness (QED) is 0.415. The van der Waals surface area contributed by atoms with Gasteiger partial charge in [0, 0.05) is 0 Å². The summed E-state index contributed by atoms with van der Waals surface area (Å²) in [5, 5.41) is 0. The van der Waals surface area contributed by atoms with E-state index in [-0.39, 0.29) is 26.4 Å². The molecule has 1 saturated heterocycles. The Morgan fingerprint density at radius 3 is 1.62 bits per heavy atom. The van der Waals surface area contributed by atoms with E-state index in [0.717, 1.165) is 0 Å². The molecule has 0 aromatic rings. The monoisotopic (exact) mass is 386 g/mol. The van der Waals surface area contributed by atoms with Gasteiger partial charge in [0.15, 0.2) is 5.66 Å². The van der Waals surface area contributed by atoms with Crippen molar-refractivity contribution in [3.8, 4) is 0 Å². The first-order chi connectivity index (χ1) is 11.1. The molecule has 0 unspecified atom stereocenters. The smallest absolute Gasteiger partial charge is 0.346 e. The highest BCUT2D eigenvalue weighted by atomic mass is 31.2. The number of carbonyl (C=O) groups excluding carboxylic acids is 1. The summed E-state index contributed by atoms with van der Waals surface area (Å²) < 4.78 is 53.3. The highest BCUT2D eigenvalue weighted by Gasteiger charge is 2.67. The van der Waals surface area contributed by atoms with Crippen molar-refractivity contribution in [2.75, 3.05) is 26.4 Å². The van der Waals surface area contributed by atoms with E-state index in [1.807, 2.05) is 0 Å². The standard InChI is InChI=1S/C14H28O8P2/c1-7-18-23(16,19-8-2)11-12(14(5,6)22-13(11)15)24(17,20-9-3)21-10-4/h11-12H,7-10H2,1-6H3/t11-,12-/m1/s1. The van der Waals surface area contributed by atoms with Crippen LogP contribution < -0.4 is 0 Å². The fraction of sp³-hybridized carbons (Fsp3) is 0.929. The fourth-order valence-corrected chi connectivity index (χ4v) is 8.37. The Bertz CT molecular complexity index is 513. The van der Waals surface area contributed by atoms with Crippen LogP contribution in [-0.4, -0.2) is 49.3 Å². The maximum Gasteiger partial charge on any atom is 0.346 e. The molecule has 0 spiro atoms. The zero-order chi connectivity index (χ0) is 18.6. The molecule has 2 atom stereocenters. The van der Waals surface area contributed by atoms with Gasteiger partial charge in [-0.2, -0.15) is 0 Å². The maximum absolute atomic E-state index is 13.3.